The molecule has 0 unspecified atom stereocenters. The van der Waals surface area contributed by atoms with Crippen molar-refractivity contribution in [3.05, 3.63) is 54.6 Å². The predicted molar refractivity (Wildman–Crippen MR) is 90.1 cm³/mol. The van der Waals surface area contributed by atoms with Gasteiger partial charge >= 0.3 is 6.03 Å². The van der Waals surface area contributed by atoms with Crippen molar-refractivity contribution in [2.75, 3.05) is 13.1 Å². The van der Waals surface area contributed by atoms with E-state index in [1.807, 2.05) is 21.7 Å². The molecule has 1 aliphatic heterocycles. The van der Waals surface area contributed by atoms with E-state index in [9.17, 15) is 4.79 Å². The molecule has 1 aromatic heterocycles. The summed E-state index contributed by atoms with van der Waals surface area (Å²) in [7, 11) is 0. The lowest BCUT2D eigenvalue weighted by Gasteiger charge is -2.36. The molecule has 2 heterocycles. The highest BCUT2D eigenvalue weighted by molar-refractivity contribution is 5.74. The summed E-state index contributed by atoms with van der Waals surface area (Å²) in [5.41, 5.74) is 1.30. The molecule has 0 aliphatic carbocycles. The molecule has 2 aromatic rings. The van der Waals surface area contributed by atoms with E-state index in [4.69, 9.17) is 0 Å². The van der Waals surface area contributed by atoms with Crippen LogP contribution in [0, 0.1) is 0 Å². The van der Waals surface area contributed by atoms with E-state index in [2.05, 4.69) is 34.6 Å². The Morgan fingerprint density at radius 3 is 2.91 bits per heavy atom. The number of likely N-dealkylation sites (tertiary alicyclic amines) is 1. The third kappa shape index (κ3) is 4.34. The quantitative estimate of drug-likeness (QED) is 0.923. The SMILES string of the molecule is O=C(NCCn1ccnc1)N1CCCC[C@@H]1Cc1ccccc1. The van der Waals surface area contributed by atoms with Crippen LogP contribution >= 0.6 is 0 Å². The summed E-state index contributed by atoms with van der Waals surface area (Å²) in [5, 5.41) is 3.04. The Morgan fingerprint density at radius 2 is 2.13 bits per heavy atom. The van der Waals surface area contributed by atoms with Gasteiger partial charge in [0.2, 0.25) is 0 Å². The van der Waals surface area contributed by atoms with Crippen LogP contribution in [0.3, 0.4) is 0 Å². The minimum atomic E-state index is 0.0609. The zero-order chi connectivity index (χ0) is 15.9. The fourth-order valence-electron chi connectivity index (χ4n) is 3.18. The van der Waals surface area contributed by atoms with E-state index < -0.39 is 0 Å². The second-order valence-corrected chi connectivity index (χ2v) is 6.07. The molecule has 1 fully saturated rings. The topological polar surface area (TPSA) is 50.2 Å². The van der Waals surface area contributed by atoms with Crippen molar-refractivity contribution in [1.29, 1.82) is 0 Å². The molecule has 5 nitrogen and oxygen atoms in total. The van der Waals surface area contributed by atoms with Crippen molar-refractivity contribution in [3.8, 4) is 0 Å². The molecule has 0 bridgehead atoms. The van der Waals surface area contributed by atoms with Gasteiger partial charge in [-0.25, -0.2) is 9.78 Å². The van der Waals surface area contributed by atoms with Gasteiger partial charge in [-0.05, 0) is 31.2 Å². The molecule has 1 atom stereocenters. The minimum absolute atomic E-state index is 0.0609. The normalized spacial score (nSPS) is 17.9. The zero-order valence-corrected chi connectivity index (χ0v) is 13.4. The third-order valence-electron chi connectivity index (χ3n) is 4.41. The standard InChI is InChI=1S/C18H24N4O/c23-18(20-10-13-21-12-9-19-15-21)22-11-5-4-8-17(22)14-16-6-2-1-3-7-16/h1-3,6-7,9,12,15,17H,4-5,8,10-11,13-14H2,(H,20,23)/t17-/m1/s1. The number of carbonyl (C=O) groups excluding carboxylic acids is 1. The maximum absolute atomic E-state index is 12.5. The summed E-state index contributed by atoms with van der Waals surface area (Å²) in [6, 6.07) is 10.8. The number of urea groups is 1. The lowest BCUT2D eigenvalue weighted by Crippen LogP contribution is -2.50. The summed E-state index contributed by atoms with van der Waals surface area (Å²) in [4.78, 5) is 18.5. The average Bonchev–Trinajstić information content (AvgIpc) is 3.09. The second-order valence-electron chi connectivity index (χ2n) is 6.07. The number of benzene rings is 1. The minimum Gasteiger partial charge on any atom is -0.336 e. The van der Waals surface area contributed by atoms with Gasteiger partial charge in [0, 0.05) is 38.1 Å². The maximum atomic E-state index is 12.5. The Balaban J connectivity index is 1.53. The lowest BCUT2D eigenvalue weighted by molar-refractivity contribution is 0.150. The number of amides is 2. The van der Waals surface area contributed by atoms with Crippen LogP contribution in [0.5, 0.6) is 0 Å². The molecular formula is C18H24N4O. The highest BCUT2D eigenvalue weighted by atomic mass is 16.2. The Morgan fingerprint density at radius 1 is 1.26 bits per heavy atom. The van der Waals surface area contributed by atoms with Crippen molar-refractivity contribution >= 4 is 6.03 Å². The van der Waals surface area contributed by atoms with Crippen LogP contribution in [-0.4, -0.2) is 39.6 Å². The lowest BCUT2D eigenvalue weighted by atomic mass is 9.96. The second kappa shape index (κ2) is 7.81. The Bertz CT molecular complexity index is 597. The largest absolute Gasteiger partial charge is 0.336 e. The van der Waals surface area contributed by atoms with Gasteiger partial charge in [0.1, 0.15) is 0 Å². The predicted octanol–water partition coefficient (Wildman–Crippen LogP) is 2.69. The smallest absolute Gasteiger partial charge is 0.317 e. The van der Waals surface area contributed by atoms with Gasteiger partial charge in [-0.3, -0.25) is 0 Å². The van der Waals surface area contributed by atoms with Gasteiger partial charge in [-0.15, -0.1) is 0 Å². The number of carbonyl (C=O) groups is 1. The van der Waals surface area contributed by atoms with Crippen molar-refractivity contribution in [2.45, 2.75) is 38.3 Å². The fourth-order valence-corrected chi connectivity index (χ4v) is 3.18. The van der Waals surface area contributed by atoms with E-state index in [-0.39, 0.29) is 6.03 Å². The number of hydrogen-bond acceptors (Lipinski definition) is 2. The molecule has 5 heteroatoms. The number of piperidine rings is 1. The van der Waals surface area contributed by atoms with Crippen molar-refractivity contribution in [3.63, 3.8) is 0 Å². The van der Waals surface area contributed by atoms with Gasteiger partial charge < -0.3 is 14.8 Å². The van der Waals surface area contributed by atoms with Gasteiger partial charge in [0.15, 0.2) is 0 Å². The molecule has 122 valence electrons. The third-order valence-corrected chi connectivity index (χ3v) is 4.41. The van der Waals surface area contributed by atoms with E-state index in [0.717, 1.165) is 32.4 Å². The number of imidazole rings is 1. The van der Waals surface area contributed by atoms with Crippen LogP contribution in [0.2, 0.25) is 0 Å². The summed E-state index contributed by atoms with van der Waals surface area (Å²) in [5.74, 6) is 0. The number of aromatic nitrogens is 2. The first-order valence-corrected chi connectivity index (χ1v) is 8.37. The first-order chi connectivity index (χ1) is 11.3. The Kier molecular flexibility index (Phi) is 5.29. The van der Waals surface area contributed by atoms with Crippen LogP contribution in [0.25, 0.3) is 0 Å². The maximum Gasteiger partial charge on any atom is 0.317 e. The molecule has 0 spiro atoms. The molecule has 2 amide bonds. The molecule has 1 N–H and O–H groups in total. The van der Waals surface area contributed by atoms with Gasteiger partial charge in [0.05, 0.1) is 6.33 Å². The van der Waals surface area contributed by atoms with Crippen LogP contribution in [0.15, 0.2) is 49.1 Å². The van der Waals surface area contributed by atoms with Crippen LogP contribution in [0.4, 0.5) is 4.79 Å². The molecule has 3 rings (SSSR count). The Hall–Kier alpha value is -2.30. The molecule has 1 saturated heterocycles. The van der Waals surface area contributed by atoms with Crippen LogP contribution < -0.4 is 5.32 Å². The number of nitrogens with one attached hydrogen (secondary N) is 1. The van der Waals surface area contributed by atoms with Crippen molar-refractivity contribution in [1.82, 2.24) is 19.8 Å². The molecule has 23 heavy (non-hydrogen) atoms. The van der Waals surface area contributed by atoms with E-state index >= 15 is 0 Å². The van der Waals surface area contributed by atoms with E-state index in [0.29, 0.717) is 12.6 Å². The van der Waals surface area contributed by atoms with Gasteiger partial charge in [-0.1, -0.05) is 30.3 Å². The van der Waals surface area contributed by atoms with E-state index in [1.165, 1.54) is 12.0 Å². The average molecular weight is 312 g/mol. The summed E-state index contributed by atoms with van der Waals surface area (Å²) in [6.07, 6.45) is 9.76. The van der Waals surface area contributed by atoms with Gasteiger partial charge in [-0.2, -0.15) is 0 Å². The van der Waals surface area contributed by atoms with E-state index in [1.54, 1.807) is 12.5 Å². The molecular weight excluding hydrogens is 288 g/mol. The first-order valence-electron chi connectivity index (χ1n) is 8.37. The number of hydrogen-bond donors (Lipinski definition) is 1. The van der Waals surface area contributed by atoms with Gasteiger partial charge in [0.25, 0.3) is 0 Å². The Labute approximate surface area is 137 Å². The summed E-state index contributed by atoms with van der Waals surface area (Å²) < 4.78 is 1.97. The highest BCUT2D eigenvalue weighted by Gasteiger charge is 2.26. The number of rotatable bonds is 5. The fraction of sp³-hybridized carbons (Fsp3) is 0.444. The summed E-state index contributed by atoms with van der Waals surface area (Å²) in [6.45, 7) is 2.24. The van der Waals surface area contributed by atoms with Crippen LogP contribution in [-0.2, 0) is 13.0 Å². The van der Waals surface area contributed by atoms with Crippen LogP contribution in [0.1, 0.15) is 24.8 Å². The summed E-state index contributed by atoms with van der Waals surface area (Å²) >= 11 is 0. The molecule has 0 saturated carbocycles. The number of nitrogens with zero attached hydrogens (tertiary/aromatic N) is 3. The van der Waals surface area contributed by atoms with Crippen molar-refractivity contribution in [2.24, 2.45) is 0 Å². The molecule has 1 aliphatic rings. The molecule has 0 radical (unpaired) electrons. The highest BCUT2D eigenvalue weighted by Crippen LogP contribution is 2.20. The first kappa shape index (κ1) is 15.6. The zero-order valence-electron chi connectivity index (χ0n) is 13.4. The monoisotopic (exact) mass is 312 g/mol. The van der Waals surface area contributed by atoms with Crippen molar-refractivity contribution < 1.29 is 4.79 Å². The molecule has 1 aromatic carbocycles.